The number of hydrogen-bond donors (Lipinski definition) is 2. The Morgan fingerprint density at radius 2 is 1.93 bits per heavy atom. The zero-order valence-corrected chi connectivity index (χ0v) is 10.2. The lowest BCUT2D eigenvalue weighted by atomic mass is 10.0. The van der Waals surface area contributed by atoms with Crippen LogP contribution in [0.25, 0.3) is 0 Å². The molecule has 0 bridgehead atoms. The molecule has 0 aromatic carbocycles. The predicted octanol–water partition coefficient (Wildman–Crippen LogP) is 1.35. The van der Waals surface area contributed by atoms with Gasteiger partial charge in [-0.15, -0.1) is 0 Å². The smallest absolute Gasteiger partial charge is 0.0611 e. The van der Waals surface area contributed by atoms with Gasteiger partial charge < -0.3 is 15.7 Å². The summed E-state index contributed by atoms with van der Waals surface area (Å²) in [7, 11) is 0. The lowest BCUT2D eigenvalue weighted by Crippen LogP contribution is -2.44. The first kappa shape index (κ1) is 12.9. The molecule has 0 aliphatic heterocycles. The van der Waals surface area contributed by atoms with Crippen molar-refractivity contribution in [1.29, 1.82) is 0 Å². The van der Waals surface area contributed by atoms with Gasteiger partial charge in [-0.05, 0) is 45.2 Å². The van der Waals surface area contributed by atoms with Crippen LogP contribution in [-0.2, 0) is 0 Å². The molecular formula is C12H26N2O. The first-order valence-electron chi connectivity index (χ1n) is 6.29. The molecule has 15 heavy (non-hydrogen) atoms. The number of nitrogens with zero attached hydrogens (tertiary/aromatic N) is 1. The number of nitrogens with two attached hydrogens (primary N) is 1. The van der Waals surface area contributed by atoms with E-state index in [0.717, 1.165) is 19.3 Å². The van der Waals surface area contributed by atoms with Crippen LogP contribution in [0.3, 0.4) is 0 Å². The molecule has 0 amide bonds. The summed E-state index contributed by atoms with van der Waals surface area (Å²) in [5.74, 6) is 0. The van der Waals surface area contributed by atoms with E-state index in [1.807, 2.05) is 0 Å². The van der Waals surface area contributed by atoms with E-state index in [4.69, 9.17) is 5.73 Å². The van der Waals surface area contributed by atoms with Crippen molar-refractivity contribution in [1.82, 2.24) is 4.90 Å². The second-order valence-electron chi connectivity index (χ2n) is 4.95. The Balaban J connectivity index is 2.48. The van der Waals surface area contributed by atoms with Crippen LogP contribution in [0.5, 0.6) is 0 Å². The molecule has 3 nitrogen and oxygen atoms in total. The Morgan fingerprint density at radius 1 is 1.33 bits per heavy atom. The van der Waals surface area contributed by atoms with Crippen LogP contribution in [0.2, 0.25) is 0 Å². The second kappa shape index (κ2) is 5.83. The molecule has 0 radical (unpaired) electrons. The number of hydrogen-bond acceptors (Lipinski definition) is 3. The Bertz CT molecular complexity index is 180. The van der Waals surface area contributed by atoms with E-state index in [2.05, 4.69) is 18.7 Å². The summed E-state index contributed by atoms with van der Waals surface area (Å²) in [5, 5.41) is 9.24. The van der Waals surface area contributed by atoms with Gasteiger partial charge in [-0.1, -0.05) is 13.8 Å². The van der Waals surface area contributed by atoms with Crippen LogP contribution in [-0.4, -0.2) is 41.3 Å². The molecule has 0 aromatic rings. The van der Waals surface area contributed by atoms with Gasteiger partial charge in [0.2, 0.25) is 0 Å². The van der Waals surface area contributed by atoms with Crippen LogP contribution >= 0.6 is 0 Å². The Hall–Kier alpha value is -0.120. The Morgan fingerprint density at radius 3 is 2.33 bits per heavy atom. The maximum Gasteiger partial charge on any atom is 0.0611 e. The van der Waals surface area contributed by atoms with E-state index in [-0.39, 0.29) is 12.1 Å². The van der Waals surface area contributed by atoms with Crippen LogP contribution in [0.1, 0.15) is 46.0 Å². The lowest BCUT2D eigenvalue weighted by Gasteiger charge is -2.29. The van der Waals surface area contributed by atoms with Crippen molar-refractivity contribution in [3.05, 3.63) is 0 Å². The molecule has 0 saturated heterocycles. The third-order valence-electron chi connectivity index (χ3n) is 3.47. The molecule has 3 heteroatoms. The summed E-state index contributed by atoms with van der Waals surface area (Å²) in [5.41, 5.74) is 5.80. The third-order valence-corrected chi connectivity index (χ3v) is 3.47. The molecule has 1 fully saturated rings. The van der Waals surface area contributed by atoms with Crippen molar-refractivity contribution in [2.24, 2.45) is 5.73 Å². The standard InChI is InChI=1S/C12H26N2O/c1-3-7-14(8-4-2)11-5-6-12(13,9-11)10-15/h11,15H,3-10,13H2,1-2H3. The van der Waals surface area contributed by atoms with Crippen molar-refractivity contribution < 1.29 is 5.11 Å². The highest BCUT2D eigenvalue weighted by molar-refractivity contribution is 4.96. The fourth-order valence-electron chi connectivity index (χ4n) is 2.63. The quantitative estimate of drug-likeness (QED) is 0.702. The molecule has 1 saturated carbocycles. The lowest BCUT2D eigenvalue weighted by molar-refractivity contribution is 0.165. The van der Waals surface area contributed by atoms with Crippen molar-refractivity contribution in [3.8, 4) is 0 Å². The predicted molar refractivity (Wildman–Crippen MR) is 63.8 cm³/mol. The van der Waals surface area contributed by atoms with Crippen molar-refractivity contribution in [2.75, 3.05) is 19.7 Å². The zero-order valence-electron chi connectivity index (χ0n) is 10.2. The summed E-state index contributed by atoms with van der Waals surface area (Å²) in [6.07, 6.45) is 5.49. The monoisotopic (exact) mass is 214 g/mol. The third kappa shape index (κ3) is 3.44. The number of rotatable bonds is 6. The summed E-state index contributed by atoms with van der Waals surface area (Å²) < 4.78 is 0. The molecule has 0 aromatic heterocycles. The first-order valence-corrected chi connectivity index (χ1v) is 6.29. The van der Waals surface area contributed by atoms with Gasteiger partial charge in [-0.2, -0.15) is 0 Å². The van der Waals surface area contributed by atoms with Gasteiger partial charge in [0.15, 0.2) is 0 Å². The number of aliphatic hydroxyl groups excluding tert-OH is 1. The van der Waals surface area contributed by atoms with Gasteiger partial charge in [0.1, 0.15) is 0 Å². The van der Waals surface area contributed by atoms with Crippen molar-refractivity contribution >= 4 is 0 Å². The zero-order chi connectivity index (χ0) is 11.3. The molecule has 2 unspecified atom stereocenters. The molecule has 90 valence electrons. The average molecular weight is 214 g/mol. The minimum absolute atomic E-state index is 0.135. The maximum atomic E-state index is 9.24. The van der Waals surface area contributed by atoms with Gasteiger partial charge in [0.05, 0.1) is 6.61 Å². The maximum absolute atomic E-state index is 9.24. The summed E-state index contributed by atoms with van der Waals surface area (Å²) in [6.45, 7) is 6.91. The van der Waals surface area contributed by atoms with Crippen molar-refractivity contribution in [3.63, 3.8) is 0 Å². The highest BCUT2D eigenvalue weighted by Gasteiger charge is 2.37. The first-order chi connectivity index (χ1) is 7.15. The molecule has 1 aliphatic rings. The second-order valence-corrected chi connectivity index (χ2v) is 4.95. The summed E-state index contributed by atoms with van der Waals surface area (Å²) in [6, 6.07) is 0.599. The van der Waals surface area contributed by atoms with E-state index >= 15 is 0 Å². The molecule has 1 aliphatic carbocycles. The minimum Gasteiger partial charge on any atom is -0.394 e. The molecule has 0 spiro atoms. The molecular weight excluding hydrogens is 188 g/mol. The van der Waals surface area contributed by atoms with Gasteiger partial charge in [-0.25, -0.2) is 0 Å². The molecule has 2 atom stereocenters. The average Bonchev–Trinajstić information content (AvgIpc) is 2.62. The Kier molecular flexibility index (Phi) is 5.03. The van der Waals surface area contributed by atoms with Gasteiger partial charge >= 0.3 is 0 Å². The molecule has 1 rings (SSSR count). The van der Waals surface area contributed by atoms with E-state index in [1.54, 1.807) is 0 Å². The minimum atomic E-state index is -0.301. The fraction of sp³-hybridized carbons (Fsp3) is 1.00. The highest BCUT2D eigenvalue weighted by atomic mass is 16.3. The normalized spacial score (nSPS) is 31.4. The highest BCUT2D eigenvalue weighted by Crippen LogP contribution is 2.31. The van der Waals surface area contributed by atoms with E-state index in [9.17, 15) is 5.11 Å². The van der Waals surface area contributed by atoms with Crippen LogP contribution in [0, 0.1) is 0 Å². The van der Waals surface area contributed by atoms with E-state index in [1.165, 1.54) is 25.9 Å². The van der Waals surface area contributed by atoms with Crippen LogP contribution < -0.4 is 5.73 Å². The number of aliphatic hydroxyl groups is 1. The van der Waals surface area contributed by atoms with Crippen LogP contribution in [0.15, 0.2) is 0 Å². The van der Waals surface area contributed by atoms with E-state index < -0.39 is 0 Å². The van der Waals surface area contributed by atoms with Crippen LogP contribution in [0.4, 0.5) is 0 Å². The largest absolute Gasteiger partial charge is 0.394 e. The topological polar surface area (TPSA) is 49.5 Å². The summed E-state index contributed by atoms with van der Waals surface area (Å²) >= 11 is 0. The van der Waals surface area contributed by atoms with Crippen molar-refractivity contribution in [2.45, 2.75) is 57.5 Å². The molecule has 0 heterocycles. The van der Waals surface area contributed by atoms with E-state index in [0.29, 0.717) is 6.04 Å². The van der Waals surface area contributed by atoms with Gasteiger partial charge in [-0.3, -0.25) is 0 Å². The summed E-state index contributed by atoms with van der Waals surface area (Å²) in [4.78, 5) is 2.55. The molecule has 3 N–H and O–H groups in total. The Labute approximate surface area is 93.6 Å². The van der Waals surface area contributed by atoms with Gasteiger partial charge in [0.25, 0.3) is 0 Å². The SMILES string of the molecule is CCCN(CCC)C1CCC(N)(CO)C1. The van der Waals surface area contributed by atoms with Gasteiger partial charge in [0, 0.05) is 11.6 Å². The fourth-order valence-corrected chi connectivity index (χ4v) is 2.63.